The molecule has 0 radical (unpaired) electrons. The van der Waals surface area contributed by atoms with E-state index < -0.39 is 11.9 Å². The quantitative estimate of drug-likeness (QED) is 0.743. The molecule has 0 spiro atoms. The van der Waals surface area contributed by atoms with E-state index in [4.69, 9.17) is 4.74 Å². The second-order valence-corrected chi connectivity index (χ2v) is 6.08. The van der Waals surface area contributed by atoms with Crippen LogP contribution in [0.1, 0.15) is 23.5 Å². The van der Waals surface area contributed by atoms with Gasteiger partial charge in [0.15, 0.2) is 0 Å². The highest BCUT2D eigenvalue weighted by Crippen LogP contribution is 2.33. The summed E-state index contributed by atoms with van der Waals surface area (Å²) in [7, 11) is 0. The monoisotopic (exact) mass is 390 g/mol. The second kappa shape index (κ2) is 7.79. The van der Waals surface area contributed by atoms with Crippen LogP contribution in [0.3, 0.4) is 0 Å². The molecule has 1 aliphatic rings. The maximum Gasteiger partial charge on any atom is 0.433 e. The van der Waals surface area contributed by atoms with Gasteiger partial charge in [-0.3, -0.25) is 4.79 Å². The molecule has 0 fully saturated rings. The lowest BCUT2D eigenvalue weighted by molar-refractivity contribution is -0.141. The Balaban J connectivity index is 1.85. The van der Waals surface area contributed by atoms with Gasteiger partial charge < -0.3 is 9.64 Å². The van der Waals surface area contributed by atoms with Crippen LogP contribution >= 0.6 is 0 Å². The zero-order valence-corrected chi connectivity index (χ0v) is 15.0. The first-order chi connectivity index (χ1) is 13.3. The summed E-state index contributed by atoms with van der Waals surface area (Å²) >= 11 is 0. The molecule has 9 heteroatoms. The minimum atomic E-state index is -4.52. The molecule has 2 aromatic rings. The Morgan fingerprint density at radius 2 is 2.07 bits per heavy atom. The number of amides is 1. The molecule has 3 rings (SSSR count). The number of hydrogen-bond donors (Lipinski definition) is 0. The van der Waals surface area contributed by atoms with Crippen molar-refractivity contribution in [3.05, 3.63) is 60.3 Å². The third kappa shape index (κ3) is 4.36. The van der Waals surface area contributed by atoms with Gasteiger partial charge in [-0.05, 0) is 37.1 Å². The number of alkyl halides is 3. The highest BCUT2D eigenvalue weighted by Gasteiger charge is 2.32. The van der Waals surface area contributed by atoms with E-state index in [1.165, 1.54) is 12.1 Å². The Labute approximate surface area is 159 Å². The van der Waals surface area contributed by atoms with Crippen molar-refractivity contribution in [3.63, 3.8) is 0 Å². The van der Waals surface area contributed by atoms with Gasteiger partial charge in [-0.25, -0.2) is 9.97 Å². The summed E-state index contributed by atoms with van der Waals surface area (Å²) in [6.45, 7) is 6.08. The lowest BCUT2D eigenvalue weighted by Crippen LogP contribution is -2.33. The second-order valence-electron chi connectivity index (χ2n) is 6.08. The van der Waals surface area contributed by atoms with Gasteiger partial charge in [-0.1, -0.05) is 12.7 Å². The minimum absolute atomic E-state index is 0.132. The van der Waals surface area contributed by atoms with Crippen LogP contribution in [0.4, 0.5) is 13.2 Å². The Hall–Kier alpha value is -3.23. The molecule has 28 heavy (non-hydrogen) atoms. The SMILES string of the molecule is C=CC(=O)N1CC=C(c2cnc(C)nc2Oc2ccc(C(F)(F)F)nc2)CC1. The van der Waals surface area contributed by atoms with Gasteiger partial charge in [0.25, 0.3) is 0 Å². The highest BCUT2D eigenvalue weighted by molar-refractivity contribution is 5.88. The van der Waals surface area contributed by atoms with Crippen LogP contribution in [0, 0.1) is 6.92 Å². The highest BCUT2D eigenvalue weighted by atomic mass is 19.4. The summed E-state index contributed by atoms with van der Waals surface area (Å²) in [4.78, 5) is 25.2. The number of carbonyl (C=O) groups is 1. The standard InChI is InChI=1S/C19H17F3N4O2/c1-3-17(27)26-8-6-13(7-9-26)15-11-23-12(2)25-18(15)28-14-4-5-16(24-10-14)19(20,21)22/h3-6,10-11H,1,7-9H2,2H3. The molecule has 0 aromatic carbocycles. The lowest BCUT2D eigenvalue weighted by Gasteiger charge is -2.26. The summed E-state index contributed by atoms with van der Waals surface area (Å²) in [6.07, 6.45) is 1.79. The van der Waals surface area contributed by atoms with Crippen molar-refractivity contribution in [3.8, 4) is 11.6 Å². The van der Waals surface area contributed by atoms with Gasteiger partial charge in [0.05, 0.1) is 11.8 Å². The minimum Gasteiger partial charge on any atom is -0.437 e. The van der Waals surface area contributed by atoms with Crippen LogP contribution in [-0.2, 0) is 11.0 Å². The van der Waals surface area contributed by atoms with E-state index in [-0.39, 0.29) is 17.5 Å². The smallest absolute Gasteiger partial charge is 0.433 e. The van der Waals surface area contributed by atoms with E-state index in [0.29, 0.717) is 30.9 Å². The summed E-state index contributed by atoms with van der Waals surface area (Å²) < 4.78 is 43.7. The van der Waals surface area contributed by atoms with E-state index in [9.17, 15) is 18.0 Å². The number of aromatic nitrogens is 3. The fraction of sp³-hybridized carbons (Fsp3) is 0.263. The number of hydrogen-bond acceptors (Lipinski definition) is 5. The van der Waals surface area contributed by atoms with Crippen molar-refractivity contribution in [2.45, 2.75) is 19.5 Å². The molecular weight excluding hydrogens is 373 g/mol. The number of nitrogens with zero attached hydrogens (tertiary/aromatic N) is 4. The van der Waals surface area contributed by atoms with Crippen LogP contribution in [0.15, 0.2) is 43.3 Å². The third-order valence-corrected chi connectivity index (χ3v) is 4.16. The first-order valence-corrected chi connectivity index (χ1v) is 8.43. The van der Waals surface area contributed by atoms with Crippen molar-refractivity contribution in [2.75, 3.05) is 13.1 Å². The molecule has 1 aliphatic heterocycles. The Kier molecular flexibility index (Phi) is 5.43. The zero-order chi connectivity index (χ0) is 20.3. The largest absolute Gasteiger partial charge is 0.437 e. The van der Waals surface area contributed by atoms with Gasteiger partial charge in [-0.15, -0.1) is 0 Å². The average Bonchev–Trinajstić information content (AvgIpc) is 2.67. The van der Waals surface area contributed by atoms with E-state index >= 15 is 0 Å². The maximum absolute atomic E-state index is 12.7. The van der Waals surface area contributed by atoms with E-state index in [1.54, 1.807) is 18.0 Å². The molecule has 1 amide bonds. The number of pyridine rings is 1. The van der Waals surface area contributed by atoms with Gasteiger partial charge in [0.2, 0.25) is 11.8 Å². The van der Waals surface area contributed by atoms with E-state index in [0.717, 1.165) is 17.8 Å². The van der Waals surface area contributed by atoms with Gasteiger partial charge >= 0.3 is 6.18 Å². The Morgan fingerprint density at radius 1 is 1.29 bits per heavy atom. The van der Waals surface area contributed by atoms with Crippen LogP contribution in [-0.4, -0.2) is 38.8 Å². The molecule has 0 unspecified atom stereocenters. The molecule has 0 bridgehead atoms. The van der Waals surface area contributed by atoms with Crippen molar-refractivity contribution in [2.24, 2.45) is 0 Å². The molecule has 3 heterocycles. The first-order valence-electron chi connectivity index (χ1n) is 8.43. The van der Waals surface area contributed by atoms with Crippen LogP contribution in [0.5, 0.6) is 11.6 Å². The number of aryl methyl sites for hydroxylation is 1. The van der Waals surface area contributed by atoms with Crippen LogP contribution < -0.4 is 4.74 Å². The summed E-state index contributed by atoms with van der Waals surface area (Å²) in [5, 5.41) is 0. The van der Waals surface area contributed by atoms with Crippen LogP contribution in [0.25, 0.3) is 5.57 Å². The molecule has 0 atom stereocenters. The fourth-order valence-corrected chi connectivity index (χ4v) is 2.71. The predicted octanol–water partition coefficient (Wildman–Crippen LogP) is 3.79. The molecule has 0 N–H and O–H groups in total. The van der Waals surface area contributed by atoms with Gasteiger partial charge in [-0.2, -0.15) is 18.2 Å². The van der Waals surface area contributed by atoms with Crippen molar-refractivity contribution in [1.82, 2.24) is 19.9 Å². The number of halogens is 3. The fourth-order valence-electron chi connectivity index (χ4n) is 2.71. The lowest BCUT2D eigenvalue weighted by atomic mass is 10.0. The van der Waals surface area contributed by atoms with Crippen molar-refractivity contribution < 1.29 is 22.7 Å². The Morgan fingerprint density at radius 3 is 2.64 bits per heavy atom. The molecule has 146 valence electrons. The van der Waals surface area contributed by atoms with Crippen LogP contribution in [0.2, 0.25) is 0 Å². The van der Waals surface area contributed by atoms with E-state index in [2.05, 4.69) is 21.5 Å². The molecule has 6 nitrogen and oxygen atoms in total. The number of carbonyl (C=O) groups excluding carboxylic acids is 1. The molecule has 0 aliphatic carbocycles. The topological polar surface area (TPSA) is 68.2 Å². The van der Waals surface area contributed by atoms with E-state index in [1.807, 2.05) is 6.08 Å². The zero-order valence-electron chi connectivity index (χ0n) is 15.0. The molecule has 0 saturated carbocycles. The molecule has 2 aromatic heterocycles. The average molecular weight is 390 g/mol. The van der Waals surface area contributed by atoms with Crippen molar-refractivity contribution in [1.29, 1.82) is 0 Å². The summed E-state index contributed by atoms with van der Waals surface area (Å²) in [5.41, 5.74) is 0.514. The van der Waals surface area contributed by atoms with Gasteiger partial charge in [0, 0.05) is 19.3 Å². The third-order valence-electron chi connectivity index (χ3n) is 4.16. The van der Waals surface area contributed by atoms with Crippen molar-refractivity contribution >= 4 is 11.5 Å². The number of rotatable bonds is 4. The van der Waals surface area contributed by atoms with Gasteiger partial charge in [0.1, 0.15) is 17.3 Å². The molecule has 0 saturated heterocycles. The summed E-state index contributed by atoms with van der Waals surface area (Å²) in [6, 6.07) is 2.04. The normalized spacial score (nSPS) is 14.4. The summed E-state index contributed by atoms with van der Waals surface area (Å²) in [5.74, 6) is 0.664. The number of ether oxygens (including phenoxy) is 1. The maximum atomic E-state index is 12.7. The Bertz CT molecular complexity index is 924. The first kappa shape index (κ1) is 19.5. The predicted molar refractivity (Wildman–Crippen MR) is 95.5 cm³/mol. The molecular formula is C19H17F3N4O2.